The minimum absolute atomic E-state index is 0.104. The lowest BCUT2D eigenvalue weighted by molar-refractivity contribution is 0.0954. The summed E-state index contributed by atoms with van der Waals surface area (Å²) in [6.45, 7) is 2.31. The van der Waals surface area contributed by atoms with Crippen molar-refractivity contribution in [3.05, 3.63) is 75.8 Å². The molecule has 1 amide bonds. The molecule has 0 saturated carbocycles. The van der Waals surface area contributed by atoms with Gasteiger partial charge in [0.15, 0.2) is 5.13 Å². The molecule has 7 heteroatoms. The maximum absolute atomic E-state index is 12.6. The molecule has 0 spiro atoms. The van der Waals surface area contributed by atoms with E-state index in [2.05, 4.69) is 20.7 Å². The quantitative estimate of drug-likeness (QED) is 0.562. The third-order valence-corrected chi connectivity index (χ3v) is 5.76. The number of aryl methyl sites for hydroxylation is 1. The minimum atomic E-state index is -0.104. The van der Waals surface area contributed by atoms with Crippen molar-refractivity contribution in [1.82, 2.24) is 19.9 Å². The third-order valence-electron chi connectivity index (χ3n) is 3.91. The standard InChI is InChI=1S/C19H16N4OS2/c1-13-17(26-19(22-13)23-7-2-3-8-23)18(24)21-11-14-4-6-20-16(10-14)15-5-9-25-12-15/h2-10,12H,11H2,1H3,(H,21,24). The molecule has 4 rings (SSSR count). The van der Waals surface area contributed by atoms with Crippen LogP contribution in [0.1, 0.15) is 20.9 Å². The van der Waals surface area contributed by atoms with Crippen LogP contribution < -0.4 is 5.32 Å². The second-order valence-corrected chi connectivity index (χ2v) is 7.50. The summed E-state index contributed by atoms with van der Waals surface area (Å²) in [6, 6.07) is 9.84. The first-order valence-corrected chi connectivity index (χ1v) is 9.83. The molecule has 4 heterocycles. The fraction of sp³-hybridized carbons (Fsp3) is 0.105. The number of nitrogens with one attached hydrogen (secondary N) is 1. The Morgan fingerprint density at radius 1 is 1.27 bits per heavy atom. The number of thiazole rings is 1. The zero-order valence-corrected chi connectivity index (χ0v) is 15.7. The van der Waals surface area contributed by atoms with Crippen molar-refractivity contribution in [2.24, 2.45) is 0 Å². The number of rotatable bonds is 5. The van der Waals surface area contributed by atoms with E-state index in [9.17, 15) is 4.79 Å². The number of amides is 1. The molecule has 4 aromatic heterocycles. The Bertz CT molecular complexity index is 1020. The van der Waals surface area contributed by atoms with Crippen molar-refractivity contribution in [1.29, 1.82) is 0 Å². The number of thiophene rings is 1. The molecule has 26 heavy (non-hydrogen) atoms. The Hall–Kier alpha value is -2.77. The van der Waals surface area contributed by atoms with Crippen LogP contribution in [-0.2, 0) is 6.54 Å². The van der Waals surface area contributed by atoms with Crippen LogP contribution in [0.15, 0.2) is 59.7 Å². The molecule has 130 valence electrons. The summed E-state index contributed by atoms with van der Waals surface area (Å²) < 4.78 is 1.91. The second kappa shape index (κ2) is 7.23. The van der Waals surface area contributed by atoms with Gasteiger partial charge < -0.3 is 9.88 Å². The molecule has 0 saturated heterocycles. The molecule has 0 aliphatic rings. The van der Waals surface area contributed by atoms with Gasteiger partial charge in [-0.15, -0.1) is 0 Å². The van der Waals surface area contributed by atoms with E-state index in [-0.39, 0.29) is 5.91 Å². The van der Waals surface area contributed by atoms with Gasteiger partial charge in [-0.25, -0.2) is 4.98 Å². The van der Waals surface area contributed by atoms with Crippen LogP contribution in [0, 0.1) is 6.92 Å². The van der Waals surface area contributed by atoms with E-state index in [0.29, 0.717) is 11.4 Å². The SMILES string of the molecule is Cc1nc(-n2cccc2)sc1C(=O)NCc1ccnc(-c2ccsc2)c1. The van der Waals surface area contributed by atoms with E-state index < -0.39 is 0 Å². The maximum Gasteiger partial charge on any atom is 0.263 e. The lowest BCUT2D eigenvalue weighted by Crippen LogP contribution is -2.22. The number of aromatic nitrogens is 3. The zero-order valence-electron chi connectivity index (χ0n) is 14.0. The highest BCUT2D eigenvalue weighted by molar-refractivity contribution is 7.16. The molecular weight excluding hydrogens is 364 g/mol. The third kappa shape index (κ3) is 3.44. The molecule has 0 aliphatic carbocycles. The van der Waals surface area contributed by atoms with E-state index in [1.807, 2.05) is 59.6 Å². The highest BCUT2D eigenvalue weighted by Crippen LogP contribution is 2.23. The Kier molecular flexibility index (Phi) is 4.64. The number of hydrogen-bond donors (Lipinski definition) is 1. The average molecular weight is 380 g/mol. The molecular formula is C19H16N4OS2. The highest BCUT2D eigenvalue weighted by atomic mass is 32.1. The number of hydrogen-bond acceptors (Lipinski definition) is 5. The van der Waals surface area contributed by atoms with Crippen LogP contribution in [0.2, 0.25) is 0 Å². The lowest BCUT2D eigenvalue weighted by atomic mass is 10.1. The molecule has 0 atom stereocenters. The van der Waals surface area contributed by atoms with Crippen LogP contribution in [0.4, 0.5) is 0 Å². The van der Waals surface area contributed by atoms with Gasteiger partial charge in [0.25, 0.3) is 5.91 Å². The van der Waals surface area contributed by atoms with Crippen molar-refractivity contribution >= 4 is 28.6 Å². The number of carbonyl (C=O) groups excluding carboxylic acids is 1. The highest BCUT2D eigenvalue weighted by Gasteiger charge is 2.16. The van der Waals surface area contributed by atoms with E-state index in [1.54, 1.807) is 17.5 Å². The van der Waals surface area contributed by atoms with Gasteiger partial charge in [-0.2, -0.15) is 11.3 Å². The summed E-state index contributed by atoms with van der Waals surface area (Å²) in [5, 5.41) is 7.87. The van der Waals surface area contributed by atoms with E-state index in [1.165, 1.54) is 11.3 Å². The predicted octanol–water partition coefficient (Wildman–Crippen LogP) is 4.30. The molecule has 5 nitrogen and oxygen atoms in total. The summed E-state index contributed by atoms with van der Waals surface area (Å²) in [5.74, 6) is -0.104. The van der Waals surface area contributed by atoms with E-state index >= 15 is 0 Å². The van der Waals surface area contributed by atoms with Crippen LogP contribution in [0.3, 0.4) is 0 Å². The van der Waals surface area contributed by atoms with Crippen molar-refractivity contribution in [3.63, 3.8) is 0 Å². The Labute approximate surface area is 159 Å². The van der Waals surface area contributed by atoms with Crippen molar-refractivity contribution < 1.29 is 4.79 Å². The smallest absolute Gasteiger partial charge is 0.263 e. The van der Waals surface area contributed by atoms with Gasteiger partial charge in [-0.3, -0.25) is 9.78 Å². The topological polar surface area (TPSA) is 59.8 Å². The lowest BCUT2D eigenvalue weighted by Gasteiger charge is -2.06. The van der Waals surface area contributed by atoms with Gasteiger partial charge in [0, 0.05) is 36.1 Å². The van der Waals surface area contributed by atoms with Gasteiger partial charge in [0.1, 0.15) is 4.88 Å². The maximum atomic E-state index is 12.6. The average Bonchev–Trinajstić information content (AvgIpc) is 3.40. The minimum Gasteiger partial charge on any atom is -0.347 e. The van der Waals surface area contributed by atoms with Crippen LogP contribution in [0.5, 0.6) is 0 Å². The van der Waals surface area contributed by atoms with Crippen LogP contribution in [-0.4, -0.2) is 20.4 Å². The zero-order chi connectivity index (χ0) is 17.9. The summed E-state index contributed by atoms with van der Waals surface area (Å²) in [6.07, 6.45) is 5.61. The fourth-order valence-electron chi connectivity index (χ4n) is 2.58. The number of carbonyl (C=O) groups is 1. The Balaban J connectivity index is 1.47. The molecule has 0 fully saturated rings. The molecule has 0 unspecified atom stereocenters. The monoisotopic (exact) mass is 380 g/mol. The first kappa shape index (κ1) is 16.7. The van der Waals surface area contributed by atoms with Crippen molar-refractivity contribution in [2.75, 3.05) is 0 Å². The summed E-state index contributed by atoms with van der Waals surface area (Å²) >= 11 is 3.03. The Morgan fingerprint density at radius 2 is 2.12 bits per heavy atom. The molecule has 0 radical (unpaired) electrons. The van der Waals surface area contributed by atoms with Gasteiger partial charge in [0.2, 0.25) is 0 Å². The second-order valence-electron chi connectivity index (χ2n) is 5.75. The van der Waals surface area contributed by atoms with Gasteiger partial charge >= 0.3 is 0 Å². The van der Waals surface area contributed by atoms with E-state index in [4.69, 9.17) is 0 Å². The number of nitrogens with zero attached hydrogens (tertiary/aromatic N) is 3. The molecule has 0 aromatic carbocycles. The summed E-state index contributed by atoms with van der Waals surface area (Å²) in [7, 11) is 0. The van der Waals surface area contributed by atoms with Crippen molar-refractivity contribution in [2.45, 2.75) is 13.5 Å². The van der Waals surface area contributed by atoms with Crippen molar-refractivity contribution in [3.8, 4) is 16.4 Å². The van der Waals surface area contributed by atoms with Gasteiger partial charge in [-0.1, -0.05) is 11.3 Å². The molecule has 0 bridgehead atoms. The largest absolute Gasteiger partial charge is 0.347 e. The molecule has 4 aromatic rings. The van der Waals surface area contributed by atoms with Crippen LogP contribution in [0.25, 0.3) is 16.4 Å². The fourth-order valence-corrected chi connectivity index (χ4v) is 4.18. The number of pyridine rings is 1. The normalized spacial score (nSPS) is 10.8. The predicted molar refractivity (Wildman–Crippen MR) is 105 cm³/mol. The van der Waals surface area contributed by atoms with Gasteiger partial charge in [-0.05, 0) is 48.2 Å². The van der Waals surface area contributed by atoms with Crippen LogP contribution >= 0.6 is 22.7 Å². The first-order chi connectivity index (χ1) is 12.7. The summed E-state index contributed by atoms with van der Waals surface area (Å²) in [5.41, 5.74) is 3.77. The van der Waals surface area contributed by atoms with E-state index in [0.717, 1.165) is 27.6 Å². The Morgan fingerprint density at radius 3 is 2.88 bits per heavy atom. The molecule has 0 aliphatic heterocycles. The summed E-state index contributed by atoms with van der Waals surface area (Å²) in [4.78, 5) is 22.1. The first-order valence-electron chi connectivity index (χ1n) is 8.07. The molecule has 1 N–H and O–H groups in total. The van der Waals surface area contributed by atoms with Gasteiger partial charge in [0.05, 0.1) is 11.4 Å².